The second kappa shape index (κ2) is 6.24. The highest BCUT2D eigenvalue weighted by Crippen LogP contribution is 2.19. The van der Waals surface area contributed by atoms with E-state index in [4.69, 9.17) is 4.74 Å². The largest absolute Gasteiger partial charge is 0.489 e. The summed E-state index contributed by atoms with van der Waals surface area (Å²) in [6, 6.07) is 13.3. The van der Waals surface area contributed by atoms with Crippen LogP contribution < -0.4 is 4.74 Å². The highest BCUT2D eigenvalue weighted by atomic mass is 16.5. The Kier molecular flexibility index (Phi) is 4.41. The second-order valence-electron chi connectivity index (χ2n) is 4.70. The molecule has 0 aliphatic heterocycles. The van der Waals surface area contributed by atoms with E-state index >= 15 is 0 Å². The Bertz CT molecular complexity index is 617. The van der Waals surface area contributed by atoms with E-state index < -0.39 is 5.97 Å². The van der Waals surface area contributed by atoms with Crippen LogP contribution >= 0.6 is 0 Å². The standard InChI is InChI=1S/C17H18O3/c1-3-13-7-5-9-15(10-13)20-11-14-8-4-6-12(2)16(14)17(18)19/h4-10H,3,11H2,1-2H3,(H,18,19). The summed E-state index contributed by atoms with van der Waals surface area (Å²) in [5, 5.41) is 9.27. The molecule has 1 N–H and O–H groups in total. The highest BCUT2D eigenvalue weighted by molar-refractivity contribution is 5.91. The molecule has 2 aromatic carbocycles. The molecular formula is C17H18O3. The van der Waals surface area contributed by atoms with Crippen LogP contribution in [0.1, 0.15) is 34.0 Å². The van der Waals surface area contributed by atoms with E-state index in [-0.39, 0.29) is 6.61 Å². The number of aryl methyl sites for hydroxylation is 2. The van der Waals surface area contributed by atoms with Crippen LogP contribution in [0.15, 0.2) is 42.5 Å². The smallest absolute Gasteiger partial charge is 0.336 e. The van der Waals surface area contributed by atoms with Crippen LogP contribution in [-0.4, -0.2) is 11.1 Å². The molecular weight excluding hydrogens is 252 g/mol. The van der Waals surface area contributed by atoms with Gasteiger partial charge in [0.1, 0.15) is 12.4 Å². The van der Waals surface area contributed by atoms with Crippen molar-refractivity contribution in [2.45, 2.75) is 26.9 Å². The molecule has 0 saturated heterocycles. The SMILES string of the molecule is CCc1cccc(OCc2cccc(C)c2C(=O)O)c1. The van der Waals surface area contributed by atoms with Gasteiger partial charge in [-0.05, 0) is 36.6 Å². The number of hydrogen-bond donors (Lipinski definition) is 1. The van der Waals surface area contributed by atoms with Crippen LogP contribution in [0.5, 0.6) is 5.75 Å². The molecule has 0 unspecified atom stereocenters. The van der Waals surface area contributed by atoms with Crippen molar-refractivity contribution in [3.63, 3.8) is 0 Å². The summed E-state index contributed by atoms with van der Waals surface area (Å²) in [6.45, 7) is 4.14. The lowest BCUT2D eigenvalue weighted by molar-refractivity contribution is 0.0693. The molecule has 2 aromatic rings. The van der Waals surface area contributed by atoms with Crippen molar-refractivity contribution in [2.75, 3.05) is 0 Å². The zero-order valence-corrected chi connectivity index (χ0v) is 11.7. The Balaban J connectivity index is 2.18. The van der Waals surface area contributed by atoms with E-state index in [1.807, 2.05) is 30.3 Å². The van der Waals surface area contributed by atoms with E-state index in [9.17, 15) is 9.90 Å². The summed E-state index contributed by atoms with van der Waals surface area (Å²) < 4.78 is 5.72. The summed E-state index contributed by atoms with van der Waals surface area (Å²) in [4.78, 5) is 11.3. The summed E-state index contributed by atoms with van der Waals surface area (Å²) in [5.41, 5.74) is 2.98. The molecule has 0 fully saturated rings. The van der Waals surface area contributed by atoms with Crippen molar-refractivity contribution >= 4 is 5.97 Å². The maximum absolute atomic E-state index is 11.3. The van der Waals surface area contributed by atoms with Crippen molar-refractivity contribution in [1.29, 1.82) is 0 Å². The van der Waals surface area contributed by atoms with E-state index in [1.165, 1.54) is 5.56 Å². The van der Waals surface area contributed by atoms with Crippen molar-refractivity contribution < 1.29 is 14.6 Å². The molecule has 104 valence electrons. The number of rotatable bonds is 5. The van der Waals surface area contributed by atoms with Gasteiger partial charge >= 0.3 is 5.97 Å². The Labute approximate surface area is 118 Å². The third kappa shape index (κ3) is 3.18. The maximum atomic E-state index is 11.3. The average Bonchev–Trinajstić information content (AvgIpc) is 2.45. The first-order valence-electron chi connectivity index (χ1n) is 6.65. The number of carboxylic acid groups (broad SMARTS) is 1. The van der Waals surface area contributed by atoms with Crippen LogP contribution in [0.3, 0.4) is 0 Å². The first kappa shape index (κ1) is 14.1. The molecule has 0 bridgehead atoms. The van der Waals surface area contributed by atoms with Gasteiger partial charge in [0.25, 0.3) is 0 Å². The Morgan fingerprint density at radius 3 is 2.65 bits per heavy atom. The lowest BCUT2D eigenvalue weighted by Gasteiger charge is -2.11. The lowest BCUT2D eigenvalue weighted by atomic mass is 10.0. The van der Waals surface area contributed by atoms with Gasteiger partial charge in [0.15, 0.2) is 0 Å². The molecule has 0 atom stereocenters. The minimum Gasteiger partial charge on any atom is -0.489 e. The zero-order valence-electron chi connectivity index (χ0n) is 11.7. The minimum atomic E-state index is -0.913. The van der Waals surface area contributed by atoms with Gasteiger partial charge in [-0.15, -0.1) is 0 Å². The van der Waals surface area contributed by atoms with Crippen LogP contribution in [0.25, 0.3) is 0 Å². The fraction of sp³-hybridized carbons (Fsp3) is 0.235. The van der Waals surface area contributed by atoms with Gasteiger partial charge in [-0.1, -0.05) is 37.3 Å². The third-order valence-corrected chi connectivity index (χ3v) is 3.27. The van der Waals surface area contributed by atoms with Crippen molar-refractivity contribution in [3.8, 4) is 5.75 Å². The maximum Gasteiger partial charge on any atom is 0.336 e. The number of carbonyl (C=O) groups is 1. The van der Waals surface area contributed by atoms with E-state index in [2.05, 4.69) is 6.92 Å². The number of hydrogen-bond acceptors (Lipinski definition) is 2. The van der Waals surface area contributed by atoms with Crippen LogP contribution in [0.4, 0.5) is 0 Å². The first-order valence-corrected chi connectivity index (χ1v) is 6.65. The summed E-state index contributed by atoms with van der Waals surface area (Å²) in [6.07, 6.45) is 0.946. The molecule has 0 saturated carbocycles. The van der Waals surface area contributed by atoms with Crippen LogP contribution in [-0.2, 0) is 13.0 Å². The highest BCUT2D eigenvalue weighted by Gasteiger charge is 2.13. The molecule has 3 heteroatoms. The van der Waals surface area contributed by atoms with E-state index in [0.717, 1.165) is 17.7 Å². The molecule has 20 heavy (non-hydrogen) atoms. The van der Waals surface area contributed by atoms with E-state index in [1.54, 1.807) is 19.1 Å². The number of ether oxygens (including phenoxy) is 1. The summed E-state index contributed by atoms with van der Waals surface area (Å²) in [7, 11) is 0. The molecule has 0 radical (unpaired) electrons. The Morgan fingerprint density at radius 2 is 1.95 bits per heavy atom. The second-order valence-corrected chi connectivity index (χ2v) is 4.70. The molecule has 0 aromatic heterocycles. The normalized spacial score (nSPS) is 10.3. The van der Waals surface area contributed by atoms with Gasteiger partial charge in [0.2, 0.25) is 0 Å². The number of carboxylic acids is 1. The molecule has 3 nitrogen and oxygen atoms in total. The first-order chi connectivity index (χ1) is 9.61. The van der Waals surface area contributed by atoms with Gasteiger partial charge in [-0.2, -0.15) is 0 Å². The van der Waals surface area contributed by atoms with E-state index in [0.29, 0.717) is 11.1 Å². The summed E-state index contributed by atoms with van der Waals surface area (Å²) in [5.74, 6) is -0.147. The van der Waals surface area contributed by atoms with Gasteiger partial charge < -0.3 is 9.84 Å². The predicted molar refractivity (Wildman–Crippen MR) is 78.3 cm³/mol. The fourth-order valence-electron chi connectivity index (χ4n) is 2.17. The number of aromatic carboxylic acids is 1. The Morgan fingerprint density at radius 1 is 1.20 bits per heavy atom. The van der Waals surface area contributed by atoms with Crippen molar-refractivity contribution in [2.24, 2.45) is 0 Å². The van der Waals surface area contributed by atoms with Crippen molar-refractivity contribution in [1.82, 2.24) is 0 Å². The molecule has 0 heterocycles. The molecule has 0 aliphatic carbocycles. The number of benzene rings is 2. The average molecular weight is 270 g/mol. The quantitative estimate of drug-likeness (QED) is 0.898. The van der Waals surface area contributed by atoms with Gasteiger partial charge in [0, 0.05) is 5.56 Å². The monoisotopic (exact) mass is 270 g/mol. The van der Waals surface area contributed by atoms with Crippen molar-refractivity contribution in [3.05, 3.63) is 64.7 Å². The Hall–Kier alpha value is -2.29. The zero-order chi connectivity index (χ0) is 14.5. The molecule has 0 spiro atoms. The van der Waals surface area contributed by atoms with Crippen LogP contribution in [0, 0.1) is 6.92 Å². The fourth-order valence-corrected chi connectivity index (χ4v) is 2.17. The predicted octanol–water partition coefficient (Wildman–Crippen LogP) is 3.83. The molecule has 2 rings (SSSR count). The van der Waals surface area contributed by atoms with Gasteiger partial charge in [0.05, 0.1) is 5.56 Å². The minimum absolute atomic E-state index is 0.260. The summed E-state index contributed by atoms with van der Waals surface area (Å²) >= 11 is 0. The lowest BCUT2D eigenvalue weighted by Crippen LogP contribution is -2.07. The topological polar surface area (TPSA) is 46.5 Å². The van der Waals surface area contributed by atoms with Gasteiger partial charge in [-0.3, -0.25) is 0 Å². The third-order valence-electron chi connectivity index (χ3n) is 3.27. The molecule has 0 aliphatic rings. The van der Waals surface area contributed by atoms with Gasteiger partial charge in [-0.25, -0.2) is 4.79 Å². The van der Waals surface area contributed by atoms with Crippen LogP contribution in [0.2, 0.25) is 0 Å². The molecule has 0 amide bonds.